The number of hydrogen-bond donors (Lipinski definition) is 2. The molecule has 0 aromatic carbocycles. The fraction of sp³-hybridized carbons (Fsp3) is 0.500. The van der Waals surface area contributed by atoms with Gasteiger partial charge in [0.15, 0.2) is 0 Å². The number of carbonyl (C=O) groups is 1. The molecule has 0 aromatic rings. The summed E-state index contributed by atoms with van der Waals surface area (Å²) in [5.74, 6) is 0. The Morgan fingerprint density at radius 3 is 1.89 bits per heavy atom. The summed E-state index contributed by atoms with van der Waals surface area (Å²) in [4.78, 5) is 17.5. The number of nitrogens with two attached hydrogens (primary N) is 1. The second kappa shape index (κ2) is 15.6. The molecule has 0 heterocycles. The van der Waals surface area contributed by atoms with Crippen molar-refractivity contribution >= 4 is 6.03 Å². The van der Waals surface area contributed by atoms with Crippen LogP contribution in [0.4, 0.5) is 4.79 Å². The SMILES string of the molecule is CNC(N)=O.O=N[O-].[Na+]. The van der Waals surface area contributed by atoms with Crippen molar-refractivity contribution in [1.82, 2.24) is 5.32 Å². The van der Waals surface area contributed by atoms with Gasteiger partial charge in [0.05, 0.1) is 0 Å². The first-order valence-corrected chi connectivity index (χ1v) is 1.61. The molecule has 0 saturated heterocycles. The molecule has 0 rings (SSSR count). The summed E-state index contributed by atoms with van der Waals surface area (Å²) in [7, 11) is 1.47. The molecular weight excluding hydrogens is 137 g/mol. The molecular formula is C2H6N3NaO3. The Morgan fingerprint density at radius 2 is 1.89 bits per heavy atom. The number of hydrogen-bond acceptors (Lipinski definition) is 4. The van der Waals surface area contributed by atoms with Crippen LogP contribution in [-0.2, 0) is 0 Å². The second-order valence-corrected chi connectivity index (χ2v) is 0.689. The zero-order valence-electron chi connectivity index (χ0n) is 5.25. The van der Waals surface area contributed by atoms with Crippen molar-refractivity contribution in [2.45, 2.75) is 0 Å². The summed E-state index contributed by atoms with van der Waals surface area (Å²) in [6.07, 6.45) is 0. The van der Waals surface area contributed by atoms with Gasteiger partial charge in [-0.2, -0.15) is 0 Å². The van der Waals surface area contributed by atoms with Gasteiger partial charge in [-0.05, 0) is 0 Å². The van der Waals surface area contributed by atoms with Crippen LogP contribution in [-0.4, -0.2) is 13.1 Å². The number of nitrogens with one attached hydrogen (secondary N) is 1. The minimum absolute atomic E-state index is 0. The number of amides is 2. The van der Waals surface area contributed by atoms with Gasteiger partial charge in [-0.25, -0.2) is 4.79 Å². The van der Waals surface area contributed by atoms with Crippen molar-refractivity contribution in [1.29, 1.82) is 0 Å². The minimum atomic E-state index is -0.495. The van der Waals surface area contributed by atoms with E-state index in [-0.39, 0.29) is 29.6 Å². The van der Waals surface area contributed by atoms with Crippen molar-refractivity contribution in [2.24, 2.45) is 11.1 Å². The fourth-order valence-electron chi connectivity index (χ4n) is 0. The van der Waals surface area contributed by atoms with Gasteiger partial charge in [0.25, 0.3) is 0 Å². The standard InChI is InChI=1S/C2H6N2O.HNO2.Na/c1-4-2(3)5;2-1-3;/h1H3,(H3,3,4,5);(H,2,3);/q;;+1/p-1. The molecule has 0 spiro atoms. The van der Waals surface area contributed by atoms with E-state index < -0.39 is 6.03 Å². The first kappa shape index (κ1) is 15.9. The van der Waals surface area contributed by atoms with Gasteiger partial charge in [-0.15, -0.1) is 5.34 Å². The van der Waals surface area contributed by atoms with Crippen LogP contribution in [0.2, 0.25) is 0 Å². The summed E-state index contributed by atoms with van der Waals surface area (Å²) in [6.45, 7) is 0. The normalized spacial score (nSPS) is 5.00. The van der Waals surface area contributed by atoms with E-state index in [4.69, 9.17) is 10.1 Å². The van der Waals surface area contributed by atoms with Crippen molar-refractivity contribution in [3.63, 3.8) is 0 Å². The monoisotopic (exact) mass is 143 g/mol. The molecule has 0 atom stereocenters. The third-order valence-corrected chi connectivity index (χ3v) is 0.246. The smallest absolute Gasteiger partial charge is 0.444 e. The van der Waals surface area contributed by atoms with E-state index in [1.165, 1.54) is 7.05 Å². The average molecular weight is 143 g/mol. The zero-order chi connectivity index (χ0) is 6.99. The molecule has 48 valence electrons. The zero-order valence-corrected chi connectivity index (χ0v) is 7.25. The number of carbonyl (C=O) groups excluding carboxylic acids is 1. The Labute approximate surface area is 74.0 Å². The Bertz CT molecular complexity index is 77.5. The van der Waals surface area contributed by atoms with Crippen LogP contribution < -0.4 is 40.6 Å². The van der Waals surface area contributed by atoms with Crippen LogP contribution >= 0.6 is 0 Å². The van der Waals surface area contributed by atoms with Gasteiger partial charge in [0.1, 0.15) is 0 Å². The van der Waals surface area contributed by atoms with Crippen LogP contribution in [0.25, 0.3) is 0 Å². The molecule has 0 radical (unpaired) electrons. The topological polar surface area (TPSA) is 108 Å². The van der Waals surface area contributed by atoms with Gasteiger partial charge in [-0.3, -0.25) is 0 Å². The van der Waals surface area contributed by atoms with Crippen LogP contribution in [0.1, 0.15) is 0 Å². The molecule has 9 heavy (non-hydrogen) atoms. The summed E-state index contributed by atoms with van der Waals surface area (Å²) in [5, 5.41) is 11.2. The van der Waals surface area contributed by atoms with E-state index in [0.29, 0.717) is 0 Å². The summed E-state index contributed by atoms with van der Waals surface area (Å²) < 4.78 is 0. The third kappa shape index (κ3) is 88.4. The van der Waals surface area contributed by atoms with E-state index in [9.17, 15) is 4.79 Å². The number of rotatable bonds is 0. The van der Waals surface area contributed by atoms with E-state index in [0.717, 1.165) is 5.34 Å². The number of urea groups is 1. The molecule has 0 aliphatic rings. The third-order valence-electron chi connectivity index (χ3n) is 0.246. The first-order chi connectivity index (χ1) is 3.68. The molecule has 2 amide bonds. The molecule has 0 saturated carbocycles. The Balaban J connectivity index is -0.0000000800. The van der Waals surface area contributed by atoms with Crippen molar-refractivity contribution in [3.8, 4) is 0 Å². The molecule has 3 N–H and O–H groups in total. The summed E-state index contributed by atoms with van der Waals surface area (Å²) in [5.41, 5.74) is 4.54. The van der Waals surface area contributed by atoms with Crippen LogP contribution in [0.3, 0.4) is 0 Å². The minimum Gasteiger partial charge on any atom is -0.444 e. The predicted molar refractivity (Wildman–Crippen MR) is 27.8 cm³/mol. The first-order valence-electron chi connectivity index (χ1n) is 1.61. The summed E-state index contributed by atoms with van der Waals surface area (Å²) >= 11 is 0. The van der Waals surface area contributed by atoms with Gasteiger partial charge in [0.2, 0.25) is 0 Å². The van der Waals surface area contributed by atoms with E-state index in [1.54, 1.807) is 0 Å². The molecule has 0 fully saturated rings. The van der Waals surface area contributed by atoms with E-state index in [2.05, 4.69) is 11.1 Å². The van der Waals surface area contributed by atoms with Crippen LogP contribution in [0.5, 0.6) is 0 Å². The Kier molecular flexibility index (Phi) is 27.6. The van der Waals surface area contributed by atoms with Crippen molar-refractivity contribution in [2.75, 3.05) is 7.05 Å². The maximum Gasteiger partial charge on any atom is 1.00 e. The second-order valence-electron chi connectivity index (χ2n) is 0.689. The molecule has 0 aliphatic carbocycles. The molecule has 0 aromatic heterocycles. The molecule has 0 bridgehead atoms. The Morgan fingerprint density at radius 1 is 1.78 bits per heavy atom. The summed E-state index contributed by atoms with van der Waals surface area (Å²) in [6, 6.07) is -0.495. The van der Waals surface area contributed by atoms with Crippen LogP contribution in [0.15, 0.2) is 5.34 Å². The molecule has 0 unspecified atom stereocenters. The van der Waals surface area contributed by atoms with Gasteiger partial charge in [0, 0.05) is 7.05 Å². The predicted octanol–water partition coefficient (Wildman–Crippen LogP) is -3.46. The number of nitrogens with zero attached hydrogens (tertiary/aromatic N) is 1. The Hall–Kier alpha value is -0.330. The average Bonchev–Trinajstić information content (AvgIpc) is 1.69. The van der Waals surface area contributed by atoms with Gasteiger partial charge in [-0.1, -0.05) is 0 Å². The quantitative estimate of drug-likeness (QED) is 0.209. The largest absolute Gasteiger partial charge is 1.00 e. The van der Waals surface area contributed by atoms with Crippen LogP contribution in [0, 0.1) is 10.1 Å². The molecule has 6 nitrogen and oxygen atoms in total. The van der Waals surface area contributed by atoms with E-state index >= 15 is 0 Å². The molecule has 0 aliphatic heterocycles. The molecule has 7 heteroatoms. The van der Waals surface area contributed by atoms with Crippen molar-refractivity contribution < 1.29 is 34.4 Å². The maximum atomic E-state index is 9.48. The van der Waals surface area contributed by atoms with E-state index in [1.807, 2.05) is 0 Å². The maximum absolute atomic E-state index is 9.48. The van der Waals surface area contributed by atoms with Gasteiger partial charge < -0.3 is 21.2 Å². The van der Waals surface area contributed by atoms with Gasteiger partial charge >= 0.3 is 35.6 Å². The fourth-order valence-corrected chi connectivity index (χ4v) is 0. The number of primary amides is 1. The van der Waals surface area contributed by atoms with Crippen molar-refractivity contribution in [3.05, 3.63) is 10.1 Å².